The van der Waals surface area contributed by atoms with Crippen molar-refractivity contribution in [3.05, 3.63) is 34.9 Å². The lowest BCUT2D eigenvalue weighted by atomic mass is 10.2. The maximum Gasteiger partial charge on any atom is 0.229 e. The van der Waals surface area contributed by atoms with Crippen LogP contribution in [0.4, 0.5) is 23.3 Å². The second kappa shape index (κ2) is 8.41. The Bertz CT molecular complexity index is 826. The number of benzene rings is 1. The average molecular weight is 403 g/mol. The van der Waals surface area contributed by atoms with Gasteiger partial charge in [0.25, 0.3) is 0 Å². The number of nitrogens with zero attached hydrogens (tertiary/aromatic N) is 4. The van der Waals surface area contributed by atoms with Crippen LogP contribution >= 0.6 is 11.6 Å². The maximum absolute atomic E-state index is 6.50. The highest BCUT2D eigenvalue weighted by Gasteiger charge is 2.26. The van der Waals surface area contributed by atoms with Crippen LogP contribution < -0.4 is 20.9 Å². The standard InChI is InChI=1S/C20H27ClN6O/c1-14-6-7-27(13-14)19-17(22)18(23-12-15-4-2-3-5-16(15)21)24-20(25-19)26-8-10-28-11-9-26/h2-5,14H,6-13,22H2,1H3,(H,23,24,25). The molecule has 2 aromatic rings. The van der Waals surface area contributed by atoms with Crippen LogP contribution in [0.3, 0.4) is 0 Å². The van der Waals surface area contributed by atoms with E-state index in [4.69, 9.17) is 32.0 Å². The lowest BCUT2D eigenvalue weighted by Gasteiger charge is -2.29. The van der Waals surface area contributed by atoms with Crippen LogP contribution in [0, 0.1) is 5.92 Å². The molecule has 0 amide bonds. The number of halogens is 1. The fourth-order valence-electron chi connectivity index (χ4n) is 3.67. The van der Waals surface area contributed by atoms with Crippen molar-refractivity contribution in [2.45, 2.75) is 19.9 Å². The fraction of sp³-hybridized carbons (Fsp3) is 0.500. The van der Waals surface area contributed by atoms with E-state index < -0.39 is 0 Å². The van der Waals surface area contributed by atoms with Gasteiger partial charge in [0.1, 0.15) is 5.69 Å². The molecule has 3 N–H and O–H groups in total. The van der Waals surface area contributed by atoms with Crippen LogP contribution in [0.1, 0.15) is 18.9 Å². The van der Waals surface area contributed by atoms with Gasteiger partial charge < -0.3 is 25.6 Å². The number of hydrogen-bond donors (Lipinski definition) is 2. The first kappa shape index (κ1) is 19.1. The first-order chi connectivity index (χ1) is 13.6. The van der Waals surface area contributed by atoms with Crippen molar-refractivity contribution in [2.75, 3.05) is 60.2 Å². The molecule has 28 heavy (non-hydrogen) atoms. The van der Waals surface area contributed by atoms with Crippen LogP contribution in [-0.4, -0.2) is 49.4 Å². The maximum atomic E-state index is 6.50. The van der Waals surface area contributed by atoms with E-state index in [1.54, 1.807) is 0 Å². The van der Waals surface area contributed by atoms with Gasteiger partial charge in [-0.3, -0.25) is 0 Å². The molecule has 150 valence electrons. The molecule has 3 heterocycles. The predicted octanol–water partition coefficient (Wildman–Crippen LogP) is 3.01. The highest BCUT2D eigenvalue weighted by molar-refractivity contribution is 6.31. The quantitative estimate of drug-likeness (QED) is 0.795. The largest absolute Gasteiger partial charge is 0.393 e. The second-order valence-corrected chi connectivity index (χ2v) is 7.90. The molecule has 2 aliphatic rings. The Labute approximate surface area is 170 Å². The summed E-state index contributed by atoms with van der Waals surface area (Å²) in [5.41, 5.74) is 8.11. The monoisotopic (exact) mass is 402 g/mol. The zero-order valence-corrected chi connectivity index (χ0v) is 17.0. The summed E-state index contributed by atoms with van der Waals surface area (Å²) in [6, 6.07) is 7.78. The summed E-state index contributed by atoms with van der Waals surface area (Å²) < 4.78 is 5.48. The van der Waals surface area contributed by atoms with Gasteiger partial charge in [-0.15, -0.1) is 0 Å². The van der Waals surface area contributed by atoms with Crippen molar-refractivity contribution in [1.29, 1.82) is 0 Å². The number of ether oxygens (including phenoxy) is 1. The Balaban J connectivity index is 1.64. The van der Waals surface area contributed by atoms with Gasteiger partial charge >= 0.3 is 0 Å². The zero-order valence-electron chi connectivity index (χ0n) is 16.2. The summed E-state index contributed by atoms with van der Waals surface area (Å²) in [4.78, 5) is 14.0. The molecule has 7 nitrogen and oxygen atoms in total. The highest BCUT2D eigenvalue weighted by atomic mass is 35.5. The number of rotatable bonds is 5. The molecule has 0 bridgehead atoms. The lowest BCUT2D eigenvalue weighted by Crippen LogP contribution is -2.38. The minimum atomic E-state index is 0.555. The van der Waals surface area contributed by atoms with Crippen LogP contribution in [0.15, 0.2) is 24.3 Å². The van der Waals surface area contributed by atoms with Crippen molar-refractivity contribution in [3.8, 4) is 0 Å². The van der Waals surface area contributed by atoms with E-state index in [1.165, 1.54) is 0 Å². The third-order valence-electron chi connectivity index (χ3n) is 5.34. The zero-order chi connectivity index (χ0) is 19.5. The van der Waals surface area contributed by atoms with Crippen molar-refractivity contribution in [2.24, 2.45) is 5.92 Å². The van der Waals surface area contributed by atoms with Gasteiger partial charge in [-0.1, -0.05) is 36.7 Å². The summed E-state index contributed by atoms with van der Waals surface area (Å²) in [5, 5.41) is 4.11. The Morgan fingerprint density at radius 1 is 1.18 bits per heavy atom. The van der Waals surface area contributed by atoms with E-state index in [0.29, 0.717) is 43.1 Å². The van der Waals surface area contributed by atoms with Crippen molar-refractivity contribution >= 4 is 34.9 Å². The Morgan fingerprint density at radius 3 is 2.68 bits per heavy atom. The van der Waals surface area contributed by atoms with Crippen LogP contribution in [0.5, 0.6) is 0 Å². The van der Waals surface area contributed by atoms with E-state index in [9.17, 15) is 0 Å². The molecule has 1 aromatic carbocycles. The molecule has 4 rings (SSSR count). The summed E-state index contributed by atoms with van der Waals surface area (Å²) in [5.74, 6) is 2.82. The predicted molar refractivity (Wildman–Crippen MR) is 114 cm³/mol. The van der Waals surface area contributed by atoms with Gasteiger partial charge in [-0.05, 0) is 24.0 Å². The van der Waals surface area contributed by atoms with E-state index in [0.717, 1.165) is 49.0 Å². The Kier molecular flexibility index (Phi) is 5.73. The second-order valence-electron chi connectivity index (χ2n) is 7.49. The number of anilines is 4. The Morgan fingerprint density at radius 2 is 1.96 bits per heavy atom. The van der Waals surface area contributed by atoms with Gasteiger partial charge in [0.15, 0.2) is 11.6 Å². The van der Waals surface area contributed by atoms with E-state index in [-0.39, 0.29) is 0 Å². The van der Waals surface area contributed by atoms with Crippen molar-refractivity contribution in [1.82, 2.24) is 9.97 Å². The number of aromatic nitrogens is 2. The summed E-state index contributed by atoms with van der Waals surface area (Å²) in [6.07, 6.45) is 1.15. The van der Waals surface area contributed by atoms with Gasteiger partial charge in [0.2, 0.25) is 5.95 Å². The molecule has 0 aliphatic carbocycles. The fourth-order valence-corrected chi connectivity index (χ4v) is 3.88. The number of nitrogens with two attached hydrogens (primary N) is 1. The smallest absolute Gasteiger partial charge is 0.229 e. The molecular formula is C20H27ClN6O. The van der Waals surface area contributed by atoms with Gasteiger partial charge in [-0.25, -0.2) is 0 Å². The number of morpholine rings is 1. The molecule has 8 heteroatoms. The van der Waals surface area contributed by atoms with E-state index in [1.807, 2.05) is 24.3 Å². The molecular weight excluding hydrogens is 376 g/mol. The third-order valence-corrected chi connectivity index (χ3v) is 5.70. The molecule has 2 fully saturated rings. The van der Waals surface area contributed by atoms with Crippen molar-refractivity contribution in [3.63, 3.8) is 0 Å². The van der Waals surface area contributed by atoms with Gasteiger partial charge in [-0.2, -0.15) is 9.97 Å². The molecule has 2 aliphatic heterocycles. The van der Waals surface area contributed by atoms with Crippen molar-refractivity contribution < 1.29 is 4.74 Å². The number of nitrogens with one attached hydrogen (secondary N) is 1. The normalized spacial score (nSPS) is 19.9. The van der Waals surface area contributed by atoms with Gasteiger partial charge in [0, 0.05) is 37.7 Å². The molecule has 0 saturated carbocycles. The SMILES string of the molecule is CC1CCN(c2nc(N3CCOCC3)nc(NCc3ccccc3Cl)c2N)C1. The molecule has 0 spiro atoms. The highest BCUT2D eigenvalue weighted by Crippen LogP contribution is 2.33. The topological polar surface area (TPSA) is 79.5 Å². The molecule has 0 radical (unpaired) electrons. The molecule has 1 aromatic heterocycles. The average Bonchev–Trinajstić information content (AvgIpc) is 3.15. The van der Waals surface area contributed by atoms with Crippen LogP contribution in [0.2, 0.25) is 5.02 Å². The first-order valence-electron chi connectivity index (χ1n) is 9.84. The minimum Gasteiger partial charge on any atom is -0.393 e. The summed E-state index contributed by atoms with van der Waals surface area (Å²) in [6.45, 7) is 7.69. The van der Waals surface area contributed by atoms with Crippen LogP contribution in [0.25, 0.3) is 0 Å². The molecule has 1 atom stereocenters. The van der Waals surface area contributed by atoms with Crippen LogP contribution in [-0.2, 0) is 11.3 Å². The number of nitrogen functional groups attached to an aromatic ring is 1. The number of hydrogen-bond acceptors (Lipinski definition) is 7. The van der Waals surface area contributed by atoms with E-state index >= 15 is 0 Å². The lowest BCUT2D eigenvalue weighted by molar-refractivity contribution is 0.122. The first-order valence-corrected chi connectivity index (χ1v) is 10.2. The third kappa shape index (κ3) is 4.10. The summed E-state index contributed by atoms with van der Waals surface area (Å²) in [7, 11) is 0. The van der Waals surface area contributed by atoms with E-state index in [2.05, 4.69) is 22.0 Å². The minimum absolute atomic E-state index is 0.555. The Hall–Kier alpha value is -2.25. The molecule has 1 unspecified atom stereocenters. The molecule has 2 saturated heterocycles. The summed E-state index contributed by atoms with van der Waals surface area (Å²) >= 11 is 6.30. The van der Waals surface area contributed by atoms with Gasteiger partial charge in [0.05, 0.1) is 13.2 Å².